The van der Waals surface area contributed by atoms with E-state index in [-0.39, 0.29) is 12.5 Å². The van der Waals surface area contributed by atoms with Crippen LogP contribution in [0.5, 0.6) is 0 Å². The summed E-state index contributed by atoms with van der Waals surface area (Å²) in [6.07, 6.45) is 0. The third-order valence-corrected chi connectivity index (χ3v) is 3.81. The van der Waals surface area contributed by atoms with Crippen LogP contribution in [0.4, 0.5) is 0 Å². The zero-order valence-corrected chi connectivity index (χ0v) is 13.9. The average Bonchev–Trinajstić information content (AvgIpc) is 2.56. The lowest BCUT2D eigenvalue weighted by Crippen LogP contribution is -2.34. The minimum absolute atomic E-state index is 0.187. The van der Waals surface area contributed by atoms with Gasteiger partial charge >= 0.3 is 5.97 Å². The van der Waals surface area contributed by atoms with Crippen molar-refractivity contribution in [1.82, 2.24) is 5.32 Å². The van der Waals surface area contributed by atoms with E-state index in [9.17, 15) is 9.59 Å². The Morgan fingerprint density at radius 3 is 1.78 bits per heavy atom. The highest BCUT2D eigenvalue weighted by Crippen LogP contribution is 2.27. The molecule has 0 heterocycles. The number of benzene rings is 2. The summed E-state index contributed by atoms with van der Waals surface area (Å²) in [5, 5.41) is 3.74. The lowest BCUT2D eigenvalue weighted by Gasteiger charge is -2.18. The molecule has 1 amide bonds. The van der Waals surface area contributed by atoms with Gasteiger partial charge in [-0.2, -0.15) is 0 Å². The lowest BCUT2D eigenvalue weighted by molar-refractivity contribution is -0.141. The molecule has 0 spiro atoms. The van der Waals surface area contributed by atoms with Gasteiger partial charge in [-0.15, -0.1) is 0 Å². The van der Waals surface area contributed by atoms with Crippen molar-refractivity contribution in [3.8, 4) is 0 Å². The zero-order chi connectivity index (χ0) is 16.8. The van der Waals surface area contributed by atoms with E-state index >= 15 is 0 Å². The average molecular weight is 352 g/mol. The van der Waals surface area contributed by atoms with Crippen molar-refractivity contribution in [3.05, 3.63) is 69.7 Å². The molecule has 0 atom stereocenters. The molecular formula is C17H15Cl2NO3. The second kappa shape index (κ2) is 7.99. The first-order valence-corrected chi connectivity index (χ1v) is 7.62. The van der Waals surface area contributed by atoms with Crippen LogP contribution in [0.2, 0.25) is 10.0 Å². The van der Waals surface area contributed by atoms with Crippen LogP contribution in [-0.4, -0.2) is 25.5 Å². The van der Waals surface area contributed by atoms with Gasteiger partial charge in [-0.1, -0.05) is 47.5 Å². The molecule has 0 bridgehead atoms. The molecule has 0 aliphatic heterocycles. The summed E-state index contributed by atoms with van der Waals surface area (Å²) in [5.41, 5.74) is 1.53. The number of hydrogen-bond acceptors (Lipinski definition) is 3. The minimum Gasteiger partial charge on any atom is -0.468 e. The molecule has 0 radical (unpaired) electrons. The van der Waals surface area contributed by atoms with Crippen LogP contribution in [-0.2, 0) is 14.3 Å². The van der Waals surface area contributed by atoms with E-state index in [0.29, 0.717) is 10.0 Å². The molecule has 0 saturated carbocycles. The number of halogens is 2. The first-order chi connectivity index (χ1) is 11.0. The molecule has 6 heteroatoms. The third-order valence-electron chi connectivity index (χ3n) is 3.30. The number of esters is 1. The van der Waals surface area contributed by atoms with Gasteiger partial charge in [0.2, 0.25) is 5.91 Å². The van der Waals surface area contributed by atoms with Crippen molar-refractivity contribution in [2.45, 2.75) is 5.92 Å². The maximum absolute atomic E-state index is 12.5. The smallest absolute Gasteiger partial charge is 0.325 e. The molecule has 0 unspecified atom stereocenters. The molecule has 2 aromatic rings. The van der Waals surface area contributed by atoms with Crippen LogP contribution in [0.1, 0.15) is 17.0 Å². The molecule has 2 aromatic carbocycles. The van der Waals surface area contributed by atoms with Gasteiger partial charge in [0, 0.05) is 10.0 Å². The van der Waals surface area contributed by atoms with Crippen LogP contribution in [0.15, 0.2) is 48.5 Å². The van der Waals surface area contributed by atoms with E-state index in [2.05, 4.69) is 10.1 Å². The van der Waals surface area contributed by atoms with Crippen LogP contribution in [0, 0.1) is 0 Å². The summed E-state index contributed by atoms with van der Waals surface area (Å²) in [5.74, 6) is -1.39. The maximum Gasteiger partial charge on any atom is 0.325 e. The molecular weight excluding hydrogens is 337 g/mol. The van der Waals surface area contributed by atoms with Gasteiger partial charge in [0.15, 0.2) is 0 Å². The third kappa shape index (κ3) is 4.71. The van der Waals surface area contributed by atoms with E-state index in [1.165, 1.54) is 7.11 Å². The predicted octanol–water partition coefficient (Wildman–Crippen LogP) is 3.41. The molecule has 120 valence electrons. The molecule has 4 nitrogen and oxygen atoms in total. The van der Waals surface area contributed by atoms with Crippen molar-refractivity contribution >= 4 is 35.1 Å². The molecule has 0 fully saturated rings. The first kappa shape index (κ1) is 17.3. The van der Waals surface area contributed by atoms with E-state index < -0.39 is 11.9 Å². The highest BCUT2D eigenvalue weighted by Gasteiger charge is 2.23. The Bertz CT molecular complexity index is 638. The molecule has 2 rings (SSSR count). The summed E-state index contributed by atoms with van der Waals surface area (Å²) in [4.78, 5) is 23.8. The summed E-state index contributed by atoms with van der Waals surface area (Å²) in [6, 6.07) is 14.0. The number of carbonyl (C=O) groups excluding carboxylic acids is 2. The van der Waals surface area contributed by atoms with E-state index in [1.54, 1.807) is 48.5 Å². The fourth-order valence-corrected chi connectivity index (χ4v) is 2.39. The van der Waals surface area contributed by atoms with E-state index in [4.69, 9.17) is 23.2 Å². The van der Waals surface area contributed by atoms with Crippen LogP contribution in [0.3, 0.4) is 0 Å². The number of rotatable bonds is 5. The van der Waals surface area contributed by atoms with Gasteiger partial charge in [0.05, 0.1) is 13.0 Å². The first-order valence-electron chi connectivity index (χ1n) is 6.86. The summed E-state index contributed by atoms with van der Waals surface area (Å²) < 4.78 is 4.53. The number of carbonyl (C=O) groups is 2. The SMILES string of the molecule is COC(=O)CNC(=O)C(c1ccc(Cl)cc1)c1ccc(Cl)cc1. The Balaban J connectivity index is 2.30. The lowest BCUT2D eigenvalue weighted by atomic mass is 9.90. The Labute approximate surface area is 144 Å². The fraction of sp³-hybridized carbons (Fsp3) is 0.176. The Kier molecular flexibility index (Phi) is 6.02. The topological polar surface area (TPSA) is 55.4 Å². The monoisotopic (exact) mass is 351 g/mol. The molecule has 1 N–H and O–H groups in total. The van der Waals surface area contributed by atoms with Crippen molar-refractivity contribution in [2.24, 2.45) is 0 Å². The fourth-order valence-electron chi connectivity index (χ4n) is 2.14. The molecule has 0 aliphatic rings. The van der Waals surface area contributed by atoms with Crippen molar-refractivity contribution in [2.75, 3.05) is 13.7 Å². The number of hydrogen-bond donors (Lipinski definition) is 1. The van der Waals surface area contributed by atoms with Crippen molar-refractivity contribution in [1.29, 1.82) is 0 Å². The van der Waals surface area contributed by atoms with E-state index in [1.807, 2.05) is 0 Å². The van der Waals surface area contributed by atoms with Crippen LogP contribution >= 0.6 is 23.2 Å². The summed E-state index contributed by atoms with van der Waals surface area (Å²) in [6.45, 7) is -0.187. The van der Waals surface area contributed by atoms with Gasteiger partial charge in [0.1, 0.15) is 6.54 Å². The van der Waals surface area contributed by atoms with Gasteiger partial charge in [0.25, 0.3) is 0 Å². The van der Waals surface area contributed by atoms with Crippen molar-refractivity contribution in [3.63, 3.8) is 0 Å². The second-order valence-electron chi connectivity index (χ2n) is 4.83. The Hall–Kier alpha value is -2.04. The largest absolute Gasteiger partial charge is 0.468 e. The van der Waals surface area contributed by atoms with Crippen LogP contribution in [0.25, 0.3) is 0 Å². The van der Waals surface area contributed by atoms with Crippen LogP contribution < -0.4 is 5.32 Å². The molecule has 0 aliphatic carbocycles. The van der Waals surface area contributed by atoms with Gasteiger partial charge in [-0.05, 0) is 35.4 Å². The van der Waals surface area contributed by atoms with Crippen molar-refractivity contribution < 1.29 is 14.3 Å². The quantitative estimate of drug-likeness (QED) is 0.839. The number of amides is 1. The standard InChI is InChI=1S/C17H15Cl2NO3/c1-23-15(21)10-20-17(22)16(11-2-6-13(18)7-3-11)12-4-8-14(19)9-5-12/h2-9,16H,10H2,1H3,(H,20,22). The highest BCUT2D eigenvalue weighted by molar-refractivity contribution is 6.30. The zero-order valence-electron chi connectivity index (χ0n) is 12.4. The van der Waals surface area contributed by atoms with Gasteiger partial charge in [-0.3, -0.25) is 9.59 Å². The number of ether oxygens (including phenoxy) is 1. The molecule has 23 heavy (non-hydrogen) atoms. The number of nitrogens with one attached hydrogen (secondary N) is 1. The maximum atomic E-state index is 12.5. The summed E-state index contributed by atoms with van der Waals surface area (Å²) >= 11 is 11.8. The molecule has 0 aromatic heterocycles. The van der Waals surface area contributed by atoms with Gasteiger partial charge in [-0.25, -0.2) is 0 Å². The minimum atomic E-state index is -0.575. The van der Waals surface area contributed by atoms with Gasteiger partial charge < -0.3 is 10.1 Å². The van der Waals surface area contributed by atoms with E-state index in [0.717, 1.165) is 11.1 Å². The summed E-state index contributed by atoms with van der Waals surface area (Å²) in [7, 11) is 1.27. The Morgan fingerprint density at radius 1 is 0.957 bits per heavy atom. The predicted molar refractivity (Wildman–Crippen MR) is 89.8 cm³/mol. The molecule has 0 saturated heterocycles. The number of methoxy groups -OCH3 is 1. The normalized spacial score (nSPS) is 10.4. The highest BCUT2D eigenvalue weighted by atomic mass is 35.5. The second-order valence-corrected chi connectivity index (χ2v) is 5.70. The Morgan fingerprint density at radius 2 is 1.39 bits per heavy atom.